The van der Waals surface area contributed by atoms with Gasteiger partial charge >= 0.3 is 6.36 Å². The fourth-order valence-corrected chi connectivity index (χ4v) is 3.37. The first kappa shape index (κ1) is 14.7. The van der Waals surface area contributed by atoms with Crippen molar-refractivity contribution in [3.8, 4) is 5.75 Å². The van der Waals surface area contributed by atoms with Crippen molar-refractivity contribution in [2.75, 3.05) is 19.6 Å². The van der Waals surface area contributed by atoms with E-state index in [1.807, 2.05) is 6.07 Å². The standard InChI is InChI=1S/C15H19F3N2O/c16-15(17,18)21-13-3-1-2-11(8-13)9-20-7-5-14-12(10-20)4-6-19-14/h1-3,8,12,14,19H,4-7,9-10H2. The third kappa shape index (κ3) is 3.89. The average Bonchev–Trinajstić information content (AvgIpc) is 2.84. The summed E-state index contributed by atoms with van der Waals surface area (Å²) in [5.74, 6) is 0.533. The zero-order valence-electron chi connectivity index (χ0n) is 11.7. The molecule has 2 heterocycles. The van der Waals surface area contributed by atoms with Crippen LogP contribution in [0.4, 0.5) is 13.2 Å². The monoisotopic (exact) mass is 300 g/mol. The predicted octanol–water partition coefficient (Wildman–Crippen LogP) is 2.77. The van der Waals surface area contributed by atoms with Crippen LogP contribution in [0.3, 0.4) is 0 Å². The first-order valence-electron chi connectivity index (χ1n) is 7.30. The molecule has 0 amide bonds. The molecule has 1 N–H and O–H groups in total. The number of nitrogens with zero attached hydrogens (tertiary/aromatic N) is 1. The van der Waals surface area contributed by atoms with Gasteiger partial charge in [0.15, 0.2) is 0 Å². The highest BCUT2D eigenvalue weighted by Gasteiger charge is 2.33. The van der Waals surface area contributed by atoms with E-state index in [-0.39, 0.29) is 5.75 Å². The van der Waals surface area contributed by atoms with Gasteiger partial charge < -0.3 is 10.1 Å². The number of nitrogens with one attached hydrogen (secondary N) is 1. The minimum atomic E-state index is -4.63. The molecule has 3 nitrogen and oxygen atoms in total. The first-order valence-corrected chi connectivity index (χ1v) is 7.30. The molecule has 0 bridgehead atoms. The van der Waals surface area contributed by atoms with E-state index >= 15 is 0 Å². The Hall–Kier alpha value is -1.27. The Balaban J connectivity index is 1.61. The van der Waals surface area contributed by atoms with Crippen LogP contribution in [0.2, 0.25) is 0 Å². The Morgan fingerprint density at radius 2 is 2.14 bits per heavy atom. The summed E-state index contributed by atoms with van der Waals surface area (Å²) in [7, 11) is 0. The number of rotatable bonds is 3. The molecule has 2 aliphatic heterocycles. The van der Waals surface area contributed by atoms with Crippen LogP contribution < -0.4 is 10.1 Å². The third-order valence-corrected chi connectivity index (χ3v) is 4.28. The molecule has 0 spiro atoms. The Labute approximate surface area is 122 Å². The summed E-state index contributed by atoms with van der Waals surface area (Å²) in [6.07, 6.45) is -2.33. The fourth-order valence-electron chi connectivity index (χ4n) is 3.37. The normalized spacial score (nSPS) is 26.6. The molecule has 0 aromatic heterocycles. The number of hydrogen-bond donors (Lipinski definition) is 1. The summed E-state index contributed by atoms with van der Waals surface area (Å²) in [5, 5.41) is 3.51. The molecule has 2 saturated heterocycles. The quantitative estimate of drug-likeness (QED) is 0.929. The van der Waals surface area contributed by atoms with Gasteiger partial charge in [0.1, 0.15) is 5.75 Å². The van der Waals surface area contributed by atoms with E-state index in [2.05, 4.69) is 15.0 Å². The van der Waals surface area contributed by atoms with Crippen molar-refractivity contribution in [3.63, 3.8) is 0 Å². The van der Waals surface area contributed by atoms with Crippen molar-refractivity contribution in [1.82, 2.24) is 10.2 Å². The van der Waals surface area contributed by atoms with Crippen LogP contribution in [0.1, 0.15) is 18.4 Å². The average molecular weight is 300 g/mol. The second kappa shape index (κ2) is 5.85. The van der Waals surface area contributed by atoms with E-state index in [0.29, 0.717) is 18.5 Å². The maximum atomic E-state index is 12.2. The number of likely N-dealkylation sites (tertiary alicyclic amines) is 1. The highest BCUT2D eigenvalue weighted by atomic mass is 19.4. The SMILES string of the molecule is FC(F)(F)Oc1cccc(CN2CCC3NCCC3C2)c1. The molecule has 0 radical (unpaired) electrons. The van der Waals surface area contributed by atoms with Crippen molar-refractivity contribution in [2.45, 2.75) is 31.8 Å². The van der Waals surface area contributed by atoms with Crippen LogP contribution in [0.15, 0.2) is 24.3 Å². The van der Waals surface area contributed by atoms with Crippen LogP contribution >= 0.6 is 0 Å². The van der Waals surface area contributed by atoms with Crippen LogP contribution in [-0.2, 0) is 6.54 Å². The summed E-state index contributed by atoms with van der Waals surface area (Å²) in [6, 6.07) is 6.90. The highest BCUT2D eigenvalue weighted by molar-refractivity contribution is 5.28. The van der Waals surface area contributed by atoms with Crippen molar-refractivity contribution in [3.05, 3.63) is 29.8 Å². The largest absolute Gasteiger partial charge is 0.573 e. The van der Waals surface area contributed by atoms with Gasteiger partial charge in [-0.2, -0.15) is 0 Å². The number of hydrogen-bond acceptors (Lipinski definition) is 3. The Bertz CT molecular complexity index is 492. The number of ether oxygens (including phenoxy) is 1. The summed E-state index contributed by atoms with van der Waals surface area (Å²) < 4.78 is 40.7. The molecule has 21 heavy (non-hydrogen) atoms. The topological polar surface area (TPSA) is 24.5 Å². The van der Waals surface area contributed by atoms with E-state index in [9.17, 15) is 13.2 Å². The van der Waals surface area contributed by atoms with Crippen molar-refractivity contribution in [1.29, 1.82) is 0 Å². The van der Waals surface area contributed by atoms with Crippen molar-refractivity contribution >= 4 is 0 Å². The predicted molar refractivity (Wildman–Crippen MR) is 72.9 cm³/mol. The lowest BCUT2D eigenvalue weighted by Crippen LogP contribution is -2.43. The third-order valence-electron chi connectivity index (χ3n) is 4.28. The number of fused-ring (bicyclic) bond motifs is 1. The molecule has 116 valence electrons. The summed E-state index contributed by atoms with van der Waals surface area (Å²) in [6.45, 7) is 3.76. The van der Waals surface area contributed by atoms with E-state index in [4.69, 9.17) is 0 Å². The Morgan fingerprint density at radius 1 is 1.29 bits per heavy atom. The van der Waals surface area contributed by atoms with Crippen molar-refractivity contribution < 1.29 is 17.9 Å². The fraction of sp³-hybridized carbons (Fsp3) is 0.600. The lowest BCUT2D eigenvalue weighted by atomic mass is 9.93. The van der Waals surface area contributed by atoms with Crippen LogP contribution in [0.25, 0.3) is 0 Å². The van der Waals surface area contributed by atoms with Crippen LogP contribution in [0.5, 0.6) is 5.75 Å². The Kier molecular flexibility index (Phi) is 4.08. The van der Waals surface area contributed by atoms with E-state index in [0.717, 1.165) is 31.6 Å². The molecule has 1 aromatic rings. The second-order valence-corrected chi connectivity index (χ2v) is 5.83. The molecular formula is C15H19F3N2O. The lowest BCUT2D eigenvalue weighted by molar-refractivity contribution is -0.274. The first-order chi connectivity index (χ1) is 9.99. The number of benzene rings is 1. The van der Waals surface area contributed by atoms with Gasteiger partial charge in [-0.15, -0.1) is 13.2 Å². The maximum absolute atomic E-state index is 12.2. The molecule has 3 rings (SSSR count). The molecule has 0 saturated carbocycles. The second-order valence-electron chi connectivity index (χ2n) is 5.83. The zero-order valence-corrected chi connectivity index (χ0v) is 11.7. The van der Waals surface area contributed by atoms with E-state index in [1.165, 1.54) is 18.6 Å². The minimum absolute atomic E-state index is 0.141. The van der Waals surface area contributed by atoms with Gasteiger partial charge in [0, 0.05) is 19.1 Å². The van der Waals surface area contributed by atoms with Gasteiger partial charge in [0.05, 0.1) is 0 Å². The molecular weight excluding hydrogens is 281 g/mol. The molecule has 0 aliphatic carbocycles. The molecule has 6 heteroatoms. The van der Waals surface area contributed by atoms with Gasteiger partial charge in [-0.25, -0.2) is 0 Å². The van der Waals surface area contributed by atoms with Gasteiger partial charge in [-0.1, -0.05) is 12.1 Å². The van der Waals surface area contributed by atoms with E-state index in [1.54, 1.807) is 6.07 Å². The van der Waals surface area contributed by atoms with Crippen molar-refractivity contribution in [2.24, 2.45) is 5.92 Å². The molecule has 2 fully saturated rings. The van der Waals surface area contributed by atoms with Crippen LogP contribution in [0, 0.1) is 5.92 Å². The highest BCUT2D eigenvalue weighted by Crippen LogP contribution is 2.27. The van der Waals surface area contributed by atoms with Gasteiger partial charge in [-0.05, 0) is 49.5 Å². The number of halogens is 3. The summed E-state index contributed by atoms with van der Waals surface area (Å²) in [4.78, 5) is 2.32. The number of piperidine rings is 1. The van der Waals surface area contributed by atoms with E-state index < -0.39 is 6.36 Å². The van der Waals surface area contributed by atoms with Crippen LogP contribution in [-0.4, -0.2) is 36.9 Å². The van der Waals surface area contributed by atoms with Gasteiger partial charge in [0.2, 0.25) is 0 Å². The summed E-state index contributed by atoms with van der Waals surface area (Å²) in [5.41, 5.74) is 0.862. The zero-order chi connectivity index (χ0) is 14.9. The maximum Gasteiger partial charge on any atom is 0.573 e. The molecule has 2 unspecified atom stereocenters. The van der Waals surface area contributed by atoms with Gasteiger partial charge in [0.25, 0.3) is 0 Å². The molecule has 1 aromatic carbocycles. The smallest absolute Gasteiger partial charge is 0.406 e. The lowest BCUT2D eigenvalue weighted by Gasteiger charge is -2.34. The molecule has 2 aliphatic rings. The molecule has 2 atom stereocenters. The summed E-state index contributed by atoms with van der Waals surface area (Å²) >= 11 is 0. The van der Waals surface area contributed by atoms with Gasteiger partial charge in [-0.3, -0.25) is 4.90 Å². The minimum Gasteiger partial charge on any atom is -0.406 e. The Morgan fingerprint density at radius 3 is 2.95 bits per heavy atom. The number of alkyl halides is 3.